The summed E-state index contributed by atoms with van der Waals surface area (Å²) in [5.74, 6) is -10.5. The predicted molar refractivity (Wildman–Crippen MR) is 304 cm³/mol. The minimum absolute atomic E-state index is 0.00389. The van der Waals surface area contributed by atoms with Crippen LogP contribution in [0, 0.1) is 5.82 Å². The van der Waals surface area contributed by atoms with Gasteiger partial charge in [-0.05, 0) is 49.1 Å². The minimum atomic E-state index is -5.69. The monoisotopic (exact) mass is 1410 g/mol. The number of ether oxygens (including phenoxy) is 6. The minimum Gasteiger partial charge on any atom is -0.479 e. The normalized spacial score (nSPS) is 25.7. The highest BCUT2D eigenvalue weighted by molar-refractivity contribution is 14.1. The maximum absolute atomic E-state index is 17.0. The maximum Gasteiger partial charge on any atom is 0.501 e. The second-order valence-corrected chi connectivity index (χ2v) is 23.4. The number of fused-ring (bicyclic) bond motifs is 5. The second-order valence-electron chi connectivity index (χ2n) is 21.5. The lowest BCUT2D eigenvalue weighted by Crippen LogP contribution is -2.61. The topological polar surface area (TPSA) is 485 Å². The zero-order chi connectivity index (χ0) is 65.7. The molecule has 2 saturated heterocycles. The summed E-state index contributed by atoms with van der Waals surface area (Å²) in [5.41, 5.74) is -3.07. The van der Waals surface area contributed by atoms with Gasteiger partial charge in [0.15, 0.2) is 47.2 Å². The maximum atomic E-state index is 17.0. The lowest BCUT2D eigenvalue weighted by atomic mass is 9.82. The molecule has 0 bridgehead atoms. The van der Waals surface area contributed by atoms with Gasteiger partial charge in [-0.1, -0.05) is 34.7 Å². The van der Waals surface area contributed by atoms with E-state index in [-0.39, 0.29) is 125 Å². The predicted octanol–water partition coefficient (Wildman–Crippen LogP) is -3.36. The van der Waals surface area contributed by atoms with Crippen molar-refractivity contribution in [2.75, 3.05) is 37.8 Å². The van der Waals surface area contributed by atoms with Crippen molar-refractivity contribution in [3.63, 3.8) is 0 Å². The number of aromatic nitrogens is 5. The molecule has 10 rings (SSSR count). The fourth-order valence-corrected chi connectivity index (χ4v) is 12.1. The number of hydrogen-bond acceptors (Lipinski definition) is 27. The van der Waals surface area contributed by atoms with Gasteiger partial charge >= 0.3 is 28.3 Å². The van der Waals surface area contributed by atoms with Crippen LogP contribution in [-0.4, -0.2) is 219 Å². The number of esters is 1. The molecule has 37 heteroatoms. The quantitative estimate of drug-likeness (QED) is 0.0129. The highest BCUT2D eigenvalue weighted by Crippen LogP contribution is 2.48. The number of cyclic esters (lactones) is 1. The SMILES string of the molecule is CC[C@@]1(O)C(=O)OCc2c1cc1n(c2=O)Cc2c-1nc1cc(F)c(OS(=O)(=O)Oc3cc(C(=O)N(C)CCOCCn4cc(CNC(=O)CI)nn4)ccc3O[C@@H]3O[C@H](C(=O)O)[C@@H](O)[C@H](O)[C@H]3O)c3c1c2[C@@H](NC(=O)COC1O[C@H](C(=O)O)[C@@H](O)[C@H](O)[C@H]1O)CC3. The van der Waals surface area contributed by atoms with Gasteiger partial charge in [0.1, 0.15) is 55.5 Å². The average Bonchev–Trinajstić information content (AvgIpc) is 1.63. The number of aliphatic hydroxyl groups excluding tert-OH is 6. The Labute approximate surface area is 525 Å². The van der Waals surface area contributed by atoms with Crippen molar-refractivity contribution in [2.24, 2.45) is 0 Å². The third-order valence-electron chi connectivity index (χ3n) is 15.8. The van der Waals surface area contributed by atoms with Crippen LogP contribution < -0.4 is 29.3 Å². The Morgan fingerprint density at radius 3 is 2.25 bits per heavy atom. The number of nitrogens with zero attached hydrogens (tertiary/aromatic N) is 6. The van der Waals surface area contributed by atoms with E-state index in [1.165, 1.54) is 34.2 Å². The Balaban J connectivity index is 0.961. The van der Waals surface area contributed by atoms with E-state index in [0.717, 1.165) is 24.3 Å². The van der Waals surface area contributed by atoms with Gasteiger partial charge in [-0.25, -0.2) is 28.4 Å². The third kappa shape index (κ3) is 13.1. The van der Waals surface area contributed by atoms with Crippen LogP contribution in [0.2, 0.25) is 0 Å². The van der Waals surface area contributed by atoms with Crippen molar-refractivity contribution in [1.82, 2.24) is 40.1 Å². The Hall–Kier alpha value is -7.67. The molecular formula is C54H58FIN8O26S. The number of carbonyl (C=O) groups excluding carboxylic acids is 4. The van der Waals surface area contributed by atoms with Crippen LogP contribution in [0.5, 0.6) is 17.2 Å². The number of benzene rings is 2. The van der Waals surface area contributed by atoms with E-state index in [0.29, 0.717) is 5.69 Å². The lowest BCUT2D eigenvalue weighted by molar-refractivity contribution is -0.292. The smallest absolute Gasteiger partial charge is 0.479 e. The van der Waals surface area contributed by atoms with Gasteiger partial charge < -0.3 is 103 Å². The van der Waals surface area contributed by atoms with Gasteiger partial charge in [-0.2, -0.15) is 0 Å². The molecule has 2 fully saturated rings. The van der Waals surface area contributed by atoms with E-state index in [2.05, 4.69) is 20.9 Å². The van der Waals surface area contributed by atoms with Crippen molar-refractivity contribution >= 4 is 79.5 Å². The molecule has 5 aliphatic rings. The number of hydrogen-bond donors (Lipinski definition) is 11. The summed E-state index contributed by atoms with van der Waals surface area (Å²) in [7, 11) is -4.33. The van der Waals surface area contributed by atoms with Crippen LogP contribution >= 0.6 is 22.6 Å². The number of nitrogens with one attached hydrogen (secondary N) is 2. The molecule has 3 aromatic heterocycles. The Kier molecular flexibility index (Phi) is 19.3. The highest BCUT2D eigenvalue weighted by atomic mass is 127. The van der Waals surface area contributed by atoms with Crippen molar-refractivity contribution in [2.45, 2.75) is 125 Å². The van der Waals surface area contributed by atoms with Crippen molar-refractivity contribution < 1.29 is 124 Å². The first kappa shape index (κ1) is 66.3. The summed E-state index contributed by atoms with van der Waals surface area (Å²) >= 11 is 1.92. The van der Waals surface area contributed by atoms with E-state index in [1.807, 2.05) is 22.6 Å². The van der Waals surface area contributed by atoms with E-state index in [4.69, 9.17) is 41.8 Å². The Morgan fingerprint density at radius 2 is 1.57 bits per heavy atom. The summed E-state index contributed by atoms with van der Waals surface area (Å²) in [6.45, 7) is 0.0446. The molecular weight excluding hydrogens is 1350 g/mol. The van der Waals surface area contributed by atoms with Crippen LogP contribution in [-0.2, 0) is 96.3 Å². The molecule has 1 aliphatic carbocycles. The molecule has 3 amide bonds. The summed E-state index contributed by atoms with van der Waals surface area (Å²) < 4.78 is 91.9. The summed E-state index contributed by atoms with van der Waals surface area (Å²) in [6, 6.07) is 3.82. The molecule has 0 radical (unpaired) electrons. The number of alkyl halides is 1. The number of likely N-dealkylation sites (N-methyl/N-ethyl adjacent to an activating group) is 1. The van der Waals surface area contributed by atoms with Crippen LogP contribution in [0.4, 0.5) is 4.39 Å². The zero-order valence-electron chi connectivity index (χ0n) is 47.6. The van der Waals surface area contributed by atoms with Crippen molar-refractivity contribution in [3.8, 4) is 28.6 Å². The standard InChI is InChI=1S/C54H58FIN8O26S/c1-3-54(80)26-13-30-37-24(18-64(30)48(74)25(26)19-85-53(54)79)36-28(58-34(66)20-84-51-42(71)38(67)40(69)45(87-51)49(75)76)6-5-23-35(36)29(59-37)14-27(55)44(23)90-91(81,82)89-32-12-21(4-7-31(32)86-52-43(72)39(68)41(70)46(88-52)50(77)78)47(73)62(2)8-10-83-11-9-63-17-22(60-61-63)16-57-33(65)15-56/h4,7,12-14,17,28,38-43,45-46,51-52,67-72,80H,3,5-6,8-11,15-16,18-20H2,1-2H3,(H,57,65)(H,58,66)(H,75,76)(H,77,78)/t28-,38-,39-,40-,41-,42+,43+,45-,46-,51?,52+,54-/m0/s1. The molecule has 1 unspecified atom stereocenters. The molecule has 11 N–H and O–H groups in total. The number of aryl methyl sites for hydroxylation is 1. The first-order valence-corrected chi connectivity index (χ1v) is 30.6. The molecule has 7 heterocycles. The molecule has 5 aromatic rings. The lowest BCUT2D eigenvalue weighted by Gasteiger charge is -2.38. The van der Waals surface area contributed by atoms with Gasteiger partial charge in [0.05, 0.1) is 72.0 Å². The summed E-state index contributed by atoms with van der Waals surface area (Å²) in [6.07, 6.45) is -20.4. The summed E-state index contributed by atoms with van der Waals surface area (Å²) in [5, 5.41) is 107. The summed E-state index contributed by atoms with van der Waals surface area (Å²) in [4.78, 5) is 96.4. The number of rotatable bonds is 23. The molecule has 490 valence electrons. The van der Waals surface area contributed by atoms with E-state index >= 15 is 4.39 Å². The molecule has 0 spiro atoms. The number of aliphatic hydroxyl groups is 7. The number of carboxylic acid groups (broad SMARTS) is 2. The second kappa shape index (κ2) is 26.5. The van der Waals surface area contributed by atoms with Crippen LogP contribution in [0.25, 0.3) is 22.3 Å². The molecule has 12 atom stereocenters. The van der Waals surface area contributed by atoms with Gasteiger partial charge in [0.25, 0.3) is 11.5 Å². The first-order valence-electron chi connectivity index (χ1n) is 27.7. The van der Waals surface area contributed by atoms with E-state index < -0.39 is 155 Å². The number of carbonyl (C=O) groups is 6. The van der Waals surface area contributed by atoms with Crippen LogP contribution in [0.3, 0.4) is 0 Å². The molecule has 2 aromatic carbocycles. The Bertz CT molecular complexity index is 3910. The van der Waals surface area contributed by atoms with Gasteiger partial charge in [0.2, 0.25) is 18.1 Å². The molecule has 91 heavy (non-hydrogen) atoms. The molecule has 4 aliphatic heterocycles. The molecule has 34 nitrogen and oxygen atoms in total. The van der Waals surface area contributed by atoms with Gasteiger partial charge in [0, 0.05) is 47.3 Å². The average molecular weight is 1410 g/mol. The van der Waals surface area contributed by atoms with Gasteiger partial charge in [-0.3, -0.25) is 19.2 Å². The first-order chi connectivity index (χ1) is 43.1. The zero-order valence-corrected chi connectivity index (χ0v) is 50.6. The fraction of sp³-hybridized carbons (Fsp3) is 0.481. The number of carboxylic acids is 2. The van der Waals surface area contributed by atoms with E-state index in [9.17, 15) is 87.9 Å². The highest BCUT2D eigenvalue weighted by Gasteiger charge is 2.51. The van der Waals surface area contributed by atoms with Crippen LogP contribution in [0.1, 0.15) is 69.7 Å². The fourth-order valence-electron chi connectivity index (χ4n) is 11.0. The largest absolute Gasteiger partial charge is 0.501 e. The number of halogens is 2. The number of amides is 3. The number of aliphatic carboxylic acids is 2. The number of pyridine rings is 2. The Morgan fingerprint density at radius 1 is 0.879 bits per heavy atom. The van der Waals surface area contributed by atoms with Crippen molar-refractivity contribution in [1.29, 1.82) is 0 Å². The third-order valence-corrected chi connectivity index (χ3v) is 17.2. The van der Waals surface area contributed by atoms with Gasteiger partial charge in [-0.15, -0.1) is 13.5 Å². The van der Waals surface area contributed by atoms with E-state index in [1.54, 1.807) is 6.20 Å². The molecule has 0 saturated carbocycles. The van der Waals surface area contributed by atoms with Crippen LogP contribution in [0.15, 0.2) is 41.3 Å². The van der Waals surface area contributed by atoms with Crippen molar-refractivity contribution in [3.05, 3.63) is 91.8 Å².